The van der Waals surface area contributed by atoms with E-state index in [2.05, 4.69) is 16.0 Å². The molecule has 1 aliphatic rings. The van der Waals surface area contributed by atoms with E-state index in [4.69, 9.17) is 21.1 Å². The van der Waals surface area contributed by atoms with Gasteiger partial charge in [-0.05, 0) is 48.5 Å². The minimum Gasteiger partial charge on any atom is -0.454 e. The number of hydrogen-bond donors (Lipinski definition) is 3. The van der Waals surface area contributed by atoms with Gasteiger partial charge in [0.25, 0.3) is 5.91 Å². The Labute approximate surface area is 171 Å². The molecule has 1 aliphatic heterocycles. The maximum absolute atomic E-state index is 12.5. The van der Waals surface area contributed by atoms with Crippen LogP contribution in [0.15, 0.2) is 66.7 Å². The third-order valence-electron chi connectivity index (χ3n) is 4.12. The lowest BCUT2D eigenvalue weighted by Gasteiger charge is -2.10. The van der Waals surface area contributed by atoms with E-state index in [0.717, 1.165) is 0 Å². The fourth-order valence-corrected chi connectivity index (χ4v) is 3.02. The van der Waals surface area contributed by atoms with E-state index in [1.54, 1.807) is 42.5 Å². The van der Waals surface area contributed by atoms with Crippen molar-refractivity contribution in [2.75, 3.05) is 22.7 Å². The fourth-order valence-electron chi connectivity index (χ4n) is 2.75. The standard InChI is InChI=1S/C21H16ClN3O4/c22-17-10-13(11-18-19(17)29-12-28-18)20(26)23-15-6-8-16(9-7-15)25-21(27)24-14-4-2-1-3-5-14/h1-11H,12H2,(H,23,26)(H2,24,25,27). The lowest BCUT2D eigenvalue weighted by Crippen LogP contribution is -2.19. The summed E-state index contributed by atoms with van der Waals surface area (Å²) in [7, 11) is 0. The largest absolute Gasteiger partial charge is 0.454 e. The number of rotatable bonds is 4. The number of fused-ring (bicyclic) bond motifs is 1. The molecule has 3 N–H and O–H groups in total. The van der Waals surface area contributed by atoms with Gasteiger partial charge in [0.05, 0.1) is 5.02 Å². The number of halogens is 1. The van der Waals surface area contributed by atoms with Gasteiger partial charge in [-0.1, -0.05) is 29.8 Å². The minimum atomic E-state index is -0.358. The van der Waals surface area contributed by atoms with E-state index >= 15 is 0 Å². The topological polar surface area (TPSA) is 88.7 Å². The fraction of sp³-hybridized carbons (Fsp3) is 0.0476. The van der Waals surface area contributed by atoms with Crippen LogP contribution in [0.2, 0.25) is 5.02 Å². The van der Waals surface area contributed by atoms with Gasteiger partial charge in [0, 0.05) is 22.6 Å². The zero-order valence-electron chi connectivity index (χ0n) is 15.1. The van der Waals surface area contributed by atoms with Crippen LogP contribution in [-0.2, 0) is 0 Å². The molecule has 7 nitrogen and oxygen atoms in total. The third kappa shape index (κ3) is 4.41. The molecule has 0 radical (unpaired) electrons. The van der Waals surface area contributed by atoms with Crippen LogP contribution < -0.4 is 25.4 Å². The van der Waals surface area contributed by atoms with Gasteiger partial charge in [0.2, 0.25) is 6.79 Å². The first-order valence-electron chi connectivity index (χ1n) is 8.72. The van der Waals surface area contributed by atoms with Crippen molar-refractivity contribution in [3.63, 3.8) is 0 Å². The number of benzene rings is 3. The number of para-hydroxylation sites is 1. The van der Waals surface area contributed by atoms with Crippen LogP contribution in [-0.4, -0.2) is 18.7 Å². The van der Waals surface area contributed by atoms with Crippen molar-refractivity contribution in [1.29, 1.82) is 0 Å². The predicted molar refractivity (Wildman–Crippen MR) is 111 cm³/mol. The zero-order chi connectivity index (χ0) is 20.2. The molecule has 3 aromatic carbocycles. The highest BCUT2D eigenvalue weighted by molar-refractivity contribution is 6.32. The van der Waals surface area contributed by atoms with Crippen molar-refractivity contribution >= 4 is 40.6 Å². The van der Waals surface area contributed by atoms with Gasteiger partial charge in [-0.15, -0.1) is 0 Å². The summed E-state index contributed by atoms with van der Waals surface area (Å²) in [5.74, 6) is 0.534. The number of hydrogen-bond acceptors (Lipinski definition) is 4. The van der Waals surface area contributed by atoms with E-state index in [9.17, 15) is 9.59 Å². The first kappa shape index (κ1) is 18.6. The molecule has 146 valence electrons. The molecule has 0 aromatic heterocycles. The first-order chi connectivity index (χ1) is 14.1. The van der Waals surface area contributed by atoms with E-state index in [1.807, 2.05) is 18.2 Å². The Morgan fingerprint density at radius 3 is 2.10 bits per heavy atom. The highest BCUT2D eigenvalue weighted by Crippen LogP contribution is 2.39. The summed E-state index contributed by atoms with van der Waals surface area (Å²) in [5.41, 5.74) is 2.19. The molecule has 3 amide bonds. The molecule has 0 atom stereocenters. The second-order valence-corrected chi connectivity index (χ2v) is 6.58. The Morgan fingerprint density at radius 1 is 0.793 bits per heavy atom. The zero-order valence-corrected chi connectivity index (χ0v) is 15.8. The summed E-state index contributed by atoms with van der Waals surface area (Å²) in [6.45, 7) is 0.0758. The van der Waals surface area contributed by atoms with E-state index in [1.165, 1.54) is 6.07 Å². The molecular weight excluding hydrogens is 394 g/mol. The summed E-state index contributed by atoms with van der Waals surface area (Å²) >= 11 is 6.12. The molecule has 1 heterocycles. The van der Waals surface area contributed by atoms with Gasteiger partial charge in [0.1, 0.15) is 0 Å². The van der Waals surface area contributed by atoms with Crippen LogP contribution in [0.3, 0.4) is 0 Å². The average Bonchev–Trinajstić information content (AvgIpc) is 3.19. The number of carbonyl (C=O) groups excluding carboxylic acids is 2. The number of carbonyl (C=O) groups is 2. The van der Waals surface area contributed by atoms with Crippen LogP contribution in [0.1, 0.15) is 10.4 Å². The van der Waals surface area contributed by atoms with Crippen LogP contribution in [0.5, 0.6) is 11.5 Å². The Balaban J connectivity index is 1.37. The van der Waals surface area contributed by atoms with Crippen molar-refractivity contribution < 1.29 is 19.1 Å². The maximum atomic E-state index is 12.5. The second-order valence-electron chi connectivity index (χ2n) is 6.17. The molecule has 0 aliphatic carbocycles. The van der Waals surface area contributed by atoms with Crippen molar-refractivity contribution in [2.24, 2.45) is 0 Å². The molecule has 4 rings (SSSR count). The average molecular weight is 410 g/mol. The molecule has 0 spiro atoms. The lowest BCUT2D eigenvalue weighted by molar-refractivity contribution is 0.102. The number of nitrogens with one attached hydrogen (secondary N) is 3. The molecule has 8 heteroatoms. The molecular formula is C21H16ClN3O4. The summed E-state index contributed by atoms with van der Waals surface area (Å²) in [4.78, 5) is 24.5. The molecule has 0 unspecified atom stereocenters. The second kappa shape index (κ2) is 8.12. The van der Waals surface area contributed by atoms with Gasteiger partial charge in [-0.25, -0.2) is 4.79 Å². The van der Waals surface area contributed by atoms with E-state index in [-0.39, 0.29) is 18.7 Å². The van der Waals surface area contributed by atoms with Gasteiger partial charge < -0.3 is 25.4 Å². The van der Waals surface area contributed by atoms with Crippen molar-refractivity contribution in [1.82, 2.24) is 0 Å². The quantitative estimate of drug-likeness (QED) is 0.568. The molecule has 0 saturated carbocycles. The van der Waals surface area contributed by atoms with Gasteiger partial charge >= 0.3 is 6.03 Å². The van der Waals surface area contributed by atoms with Crippen LogP contribution in [0.4, 0.5) is 21.9 Å². The Morgan fingerprint density at radius 2 is 1.41 bits per heavy atom. The number of urea groups is 1. The summed E-state index contributed by atoms with van der Waals surface area (Å²) < 4.78 is 10.5. The highest BCUT2D eigenvalue weighted by atomic mass is 35.5. The van der Waals surface area contributed by atoms with E-state index < -0.39 is 0 Å². The lowest BCUT2D eigenvalue weighted by atomic mass is 10.1. The number of amides is 3. The smallest absolute Gasteiger partial charge is 0.323 e. The molecule has 3 aromatic rings. The Bertz CT molecular complexity index is 1060. The maximum Gasteiger partial charge on any atom is 0.323 e. The van der Waals surface area contributed by atoms with Gasteiger partial charge in [-0.3, -0.25) is 4.79 Å². The van der Waals surface area contributed by atoms with Crippen molar-refractivity contribution in [3.8, 4) is 11.5 Å². The highest BCUT2D eigenvalue weighted by Gasteiger charge is 2.20. The first-order valence-corrected chi connectivity index (χ1v) is 9.10. The van der Waals surface area contributed by atoms with Crippen molar-refractivity contribution in [2.45, 2.75) is 0 Å². The van der Waals surface area contributed by atoms with Crippen LogP contribution in [0.25, 0.3) is 0 Å². The predicted octanol–water partition coefficient (Wildman–Crippen LogP) is 4.97. The Hall–Kier alpha value is -3.71. The monoisotopic (exact) mass is 409 g/mol. The molecule has 0 bridgehead atoms. The van der Waals surface area contributed by atoms with Crippen LogP contribution >= 0.6 is 11.6 Å². The Kier molecular flexibility index (Phi) is 5.22. The van der Waals surface area contributed by atoms with Crippen molar-refractivity contribution in [3.05, 3.63) is 77.3 Å². The summed E-state index contributed by atoms with van der Waals surface area (Å²) in [6.07, 6.45) is 0. The molecule has 29 heavy (non-hydrogen) atoms. The SMILES string of the molecule is O=C(Nc1ccccc1)Nc1ccc(NC(=O)c2cc(Cl)c3c(c2)OCO3)cc1. The van der Waals surface area contributed by atoms with E-state index in [0.29, 0.717) is 39.1 Å². The number of ether oxygens (including phenoxy) is 2. The molecule has 0 fully saturated rings. The summed E-state index contributed by atoms with van der Waals surface area (Å²) in [5, 5.41) is 8.55. The van der Waals surface area contributed by atoms with Gasteiger partial charge in [-0.2, -0.15) is 0 Å². The molecule has 0 saturated heterocycles. The normalized spacial score (nSPS) is 11.6. The third-order valence-corrected chi connectivity index (χ3v) is 4.40. The minimum absolute atomic E-state index is 0.0758. The van der Waals surface area contributed by atoms with Crippen LogP contribution in [0, 0.1) is 0 Å². The van der Waals surface area contributed by atoms with Gasteiger partial charge in [0.15, 0.2) is 11.5 Å². The summed E-state index contributed by atoms with van der Waals surface area (Å²) in [6, 6.07) is 18.6. The number of anilines is 3.